The average Bonchev–Trinajstić information content (AvgIpc) is 2.55. The highest BCUT2D eigenvalue weighted by molar-refractivity contribution is 7.08. The molecular weight excluding hydrogens is 188 g/mol. The predicted octanol–water partition coefficient (Wildman–Crippen LogP) is 1.82. The Morgan fingerprint density at radius 3 is 2.77 bits per heavy atom. The van der Waals surface area contributed by atoms with Gasteiger partial charge >= 0.3 is 5.97 Å². The lowest BCUT2D eigenvalue weighted by Gasteiger charge is -2.23. The zero-order valence-corrected chi connectivity index (χ0v) is 8.17. The number of hydrogen-bond donors (Lipinski definition) is 2. The zero-order chi connectivity index (χ0) is 9.90. The molecule has 72 valence electrons. The van der Waals surface area contributed by atoms with Crippen LogP contribution in [0.4, 0.5) is 0 Å². The first-order valence-corrected chi connectivity index (χ1v) is 4.99. The average molecular weight is 200 g/mol. The van der Waals surface area contributed by atoms with Crippen LogP contribution < -0.4 is 0 Å². The van der Waals surface area contributed by atoms with Crippen LogP contribution in [0.3, 0.4) is 0 Å². The standard InChI is InChI=1S/C9H12O3S/c1-2-9(12,5-8(10)11)7-3-4-13-6-7/h3-4,6,12H,2,5H2,1H3,(H,10,11)/t9-/m0/s1. The molecule has 0 radical (unpaired) electrons. The third-order valence-electron chi connectivity index (χ3n) is 2.09. The van der Waals surface area contributed by atoms with Gasteiger partial charge in [0.25, 0.3) is 0 Å². The van der Waals surface area contributed by atoms with Crippen LogP contribution in [-0.4, -0.2) is 16.2 Å². The molecule has 0 bridgehead atoms. The molecule has 2 N–H and O–H groups in total. The van der Waals surface area contributed by atoms with E-state index in [0.29, 0.717) is 12.0 Å². The summed E-state index contributed by atoms with van der Waals surface area (Å²) in [5, 5.41) is 22.2. The Hall–Kier alpha value is -0.870. The summed E-state index contributed by atoms with van der Waals surface area (Å²) in [5.74, 6) is -0.976. The van der Waals surface area contributed by atoms with Gasteiger partial charge in [0.15, 0.2) is 0 Å². The quantitative estimate of drug-likeness (QED) is 0.779. The van der Waals surface area contributed by atoms with Crippen molar-refractivity contribution in [2.24, 2.45) is 0 Å². The Morgan fingerprint density at radius 2 is 2.38 bits per heavy atom. The molecule has 0 aliphatic rings. The summed E-state index contributed by atoms with van der Waals surface area (Å²) in [6.45, 7) is 1.78. The maximum absolute atomic E-state index is 10.5. The fourth-order valence-electron chi connectivity index (χ4n) is 1.21. The summed E-state index contributed by atoms with van der Waals surface area (Å²) in [5.41, 5.74) is -0.506. The monoisotopic (exact) mass is 200 g/mol. The van der Waals surface area contributed by atoms with Crippen LogP contribution in [0.5, 0.6) is 0 Å². The van der Waals surface area contributed by atoms with Crippen LogP contribution in [0.15, 0.2) is 16.8 Å². The molecule has 0 fully saturated rings. The van der Waals surface area contributed by atoms with Crippen molar-refractivity contribution in [1.82, 2.24) is 0 Å². The molecule has 1 heterocycles. The minimum atomic E-state index is -1.20. The van der Waals surface area contributed by atoms with Crippen LogP contribution in [0.1, 0.15) is 25.3 Å². The number of thiophene rings is 1. The van der Waals surface area contributed by atoms with E-state index in [9.17, 15) is 9.90 Å². The Bertz CT molecular complexity index is 281. The molecule has 0 aromatic carbocycles. The number of carboxylic acid groups (broad SMARTS) is 1. The number of rotatable bonds is 4. The third kappa shape index (κ3) is 2.29. The van der Waals surface area contributed by atoms with E-state index >= 15 is 0 Å². The van der Waals surface area contributed by atoms with E-state index in [4.69, 9.17) is 5.11 Å². The second-order valence-corrected chi connectivity index (χ2v) is 3.75. The van der Waals surface area contributed by atoms with Crippen molar-refractivity contribution in [2.75, 3.05) is 0 Å². The fourth-order valence-corrected chi connectivity index (χ4v) is 1.96. The predicted molar refractivity (Wildman–Crippen MR) is 50.8 cm³/mol. The van der Waals surface area contributed by atoms with Crippen LogP contribution in [0.25, 0.3) is 0 Å². The van der Waals surface area contributed by atoms with E-state index in [0.717, 1.165) is 0 Å². The number of aliphatic hydroxyl groups is 1. The third-order valence-corrected chi connectivity index (χ3v) is 2.77. The van der Waals surface area contributed by atoms with Crippen LogP contribution in [-0.2, 0) is 10.4 Å². The lowest BCUT2D eigenvalue weighted by molar-refractivity contribution is -0.143. The van der Waals surface area contributed by atoms with Gasteiger partial charge in [-0.25, -0.2) is 0 Å². The topological polar surface area (TPSA) is 57.5 Å². The molecule has 1 aromatic heterocycles. The second-order valence-electron chi connectivity index (χ2n) is 2.97. The Morgan fingerprint density at radius 1 is 1.69 bits per heavy atom. The highest BCUT2D eigenvalue weighted by Crippen LogP contribution is 2.30. The van der Waals surface area contributed by atoms with Gasteiger partial charge in [-0.15, -0.1) is 0 Å². The largest absolute Gasteiger partial charge is 0.481 e. The number of aliphatic carboxylic acids is 1. The maximum atomic E-state index is 10.5. The number of carboxylic acids is 1. The molecule has 0 aliphatic carbocycles. The molecule has 0 amide bonds. The zero-order valence-electron chi connectivity index (χ0n) is 7.36. The molecule has 1 aromatic rings. The smallest absolute Gasteiger partial charge is 0.306 e. The molecule has 0 spiro atoms. The van der Waals surface area contributed by atoms with Crippen LogP contribution in [0, 0.1) is 0 Å². The van der Waals surface area contributed by atoms with Crippen molar-refractivity contribution in [3.63, 3.8) is 0 Å². The van der Waals surface area contributed by atoms with Crippen LogP contribution >= 0.6 is 11.3 Å². The summed E-state index contributed by atoms with van der Waals surface area (Å²) in [6, 6.07) is 1.76. The lowest BCUT2D eigenvalue weighted by Crippen LogP contribution is -2.27. The fraction of sp³-hybridized carbons (Fsp3) is 0.444. The maximum Gasteiger partial charge on any atom is 0.306 e. The molecular formula is C9H12O3S. The first-order valence-electron chi connectivity index (χ1n) is 4.05. The first kappa shape index (κ1) is 10.2. The Balaban J connectivity index is 2.87. The molecule has 0 saturated heterocycles. The minimum Gasteiger partial charge on any atom is -0.481 e. The van der Waals surface area contributed by atoms with Crippen molar-refractivity contribution >= 4 is 17.3 Å². The Kier molecular flexibility index (Phi) is 3.06. The van der Waals surface area contributed by atoms with Gasteiger partial charge in [-0.2, -0.15) is 11.3 Å². The first-order chi connectivity index (χ1) is 6.08. The summed E-state index contributed by atoms with van der Waals surface area (Å²) < 4.78 is 0. The van der Waals surface area contributed by atoms with Gasteiger partial charge in [0.1, 0.15) is 5.60 Å². The highest BCUT2D eigenvalue weighted by Gasteiger charge is 2.30. The Labute approximate surface area is 80.6 Å². The molecule has 4 heteroatoms. The van der Waals surface area contributed by atoms with Gasteiger partial charge < -0.3 is 10.2 Å². The van der Waals surface area contributed by atoms with Gasteiger partial charge in [-0.3, -0.25) is 4.79 Å². The van der Waals surface area contributed by atoms with Crippen molar-refractivity contribution in [3.8, 4) is 0 Å². The van der Waals surface area contributed by atoms with E-state index in [1.165, 1.54) is 11.3 Å². The van der Waals surface area contributed by atoms with E-state index in [-0.39, 0.29) is 6.42 Å². The van der Waals surface area contributed by atoms with Crippen molar-refractivity contribution in [3.05, 3.63) is 22.4 Å². The molecule has 3 nitrogen and oxygen atoms in total. The minimum absolute atomic E-state index is 0.236. The SMILES string of the molecule is CC[C@](O)(CC(=O)O)c1ccsc1. The lowest BCUT2D eigenvalue weighted by atomic mass is 9.90. The molecule has 1 rings (SSSR count). The molecule has 0 unspecified atom stereocenters. The second kappa shape index (κ2) is 3.89. The van der Waals surface area contributed by atoms with Gasteiger partial charge in [-0.05, 0) is 28.8 Å². The summed E-state index contributed by atoms with van der Waals surface area (Å²) in [6.07, 6.45) is 0.177. The molecule has 13 heavy (non-hydrogen) atoms. The van der Waals surface area contributed by atoms with Gasteiger partial charge in [-0.1, -0.05) is 6.92 Å². The van der Waals surface area contributed by atoms with Crippen LogP contribution in [0.2, 0.25) is 0 Å². The number of hydrogen-bond acceptors (Lipinski definition) is 3. The van der Waals surface area contributed by atoms with E-state index in [1.54, 1.807) is 18.4 Å². The summed E-state index contributed by atoms with van der Waals surface area (Å²) in [4.78, 5) is 10.5. The van der Waals surface area contributed by atoms with E-state index in [1.807, 2.05) is 5.38 Å². The van der Waals surface area contributed by atoms with E-state index < -0.39 is 11.6 Å². The van der Waals surface area contributed by atoms with Gasteiger partial charge in [0, 0.05) is 0 Å². The van der Waals surface area contributed by atoms with Crippen molar-refractivity contribution in [2.45, 2.75) is 25.4 Å². The van der Waals surface area contributed by atoms with Gasteiger partial charge in [0.2, 0.25) is 0 Å². The van der Waals surface area contributed by atoms with Crippen molar-refractivity contribution < 1.29 is 15.0 Å². The normalized spacial score (nSPS) is 15.2. The van der Waals surface area contributed by atoms with Gasteiger partial charge in [0.05, 0.1) is 6.42 Å². The number of carbonyl (C=O) groups is 1. The molecule has 1 atom stereocenters. The summed E-state index contributed by atoms with van der Waals surface area (Å²) >= 11 is 1.46. The highest BCUT2D eigenvalue weighted by atomic mass is 32.1. The van der Waals surface area contributed by atoms with E-state index in [2.05, 4.69) is 0 Å². The summed E-state index contributed by atoms with van der Waals surface area (Å²) in [7, 11) is 0. The molecule has 0 aliphatic heterocycles. The molecule has 0 saturated carbocycles. The van der Waals surface area contributed by atoms with Crippen molar-refractivity contribution in [1.29, 1.82) is 0 Å².